The molecule has 2 aromatic heterocycles. The Hall–Kier alpha value is -3.75. The molecule has 0 saturated heterocycles. The summed E-state index contributed by atoms with van der Waals surface area (Å²) in [5, 5.41) is 12.7. The quantitative estimate of drug-likeness (QED) is 0.426. The molecule has 1 saturated carbocycles. The molecule has 4 aromatic rings. The molecule has 0 radical (unpaired) electrons. The lowest BCUT2D eigenvalue weighted by atomic mass is 10.2. The second-order valence-corrected chi connectivity index (χ2v) is 8.31. The molecule has 0 bridgehead atoms. The molecule has 0 unspecified atom stereocenters. The number of fused-ring (bicyclic) bond motifs is 1. The summed E-state index contributed by atoms with van der Waals surface area (Å²) in [6.45, 7) is 0. The maximum absolute atomic E-state index is 13.5. The lowest BCUT2D eigenvalue weighted by molar-refractivity contribution is 0.136. The van der Waals surface area contributed by atoms with Crippen molar-refractivity contribution >= 4 is 34.2 Å². The third-order valence-electron chi connectivity index (χ3n) is 5.18. The van der Waals surface area contributed by atoms with E-state index in [-0.39, 0.29) is 39.1 Å². The molecular formula is C21H12Cl2F2N6O3. The van der Waals surface area contributed by atoms with Gasteiger partial charge in [0, 0.05) is 12.1 Å². The summed E-state index contributed by atoms with van der Waals surface area (Å²) in [6, 6.07) is 8.90. The number of hydrogen-bond acceptors (Lipinski definition) is 6. The molecule has 0 aliphatic heterocycles. The van der Waals surface area contributed by atoms with Gasteiger partial charge in [0.15, 0.2) is 11.6 Å². The molecule has 0 amide bonds. The number of benzene rings is 2. The maximum Gasteiger partial charge on any atom is 0.349 e. The molecule has 13 heteroatoms. The SMILES string of the molecule is N#Cc1nn(-c2cc(Cl)c(Oc3ccc4nc(C(F)F)n(C5CC5)c4c3)c(Cl)c2)c(=O)[nH]c1=O. The van der Waals surface area contributed by atoms with Crippen molar-refractivity contribution in [2.45, 2.75) is 25.3 Å². The number of nitrogens with one attached hydrogen (secondary N) is 1. The van der Waals surface area contributed by atoms with Crippen LogP contribution in [0.15, 0.2) is 39.9 Å². The van der Waals surface area contributed by atoms with E-state index in [4.69, 9.17) is 33.2 Å². The van der Waals surface area contributed by atoms with E-state index >= 15 is 0 Å². The van der Waals surface area contributed by atoms with Crippen LogP contribution in [0.4, 0.5) is 8.78 Å². The van der Waals surface area contributed by atoms with Gasteiger partial charge in [-0.15, -0.1) is 5.10 Å². The van der Waals surface area contributed by atoms with Crippen molar-refractivity contribution in [3.63, 3.8) is 0 Å². The van der Waals surface area contributed by atoms with Gasteiger partial charge in [0.2, 0.25) is 5.69 Å². The first-order valence-electron chi connectivity index (χ1n) is 9.88. The second kappa shape index (κ2) is 8.23. The van der Waals surface area contributed by atoms with Crippen LogP contribution in [0.5, 0.6) is 11.5 Å². The minimum absolute atomic E-state index is 0.00461. The first-order chi connectivity index (χ1) is 16.3. The van der Waals surface area contributed by atoms with Gasteiger partial charge in [-0.1, -0.05) is 23.2 Å². The minimum atomic E-state index is -2.71. The molecule has 2 aromatic carbocycles. The number of rotatable bonds is 5. The van der Waals surface area contributed by atoms with E-state index in [1.54, 1.807) is 24.3 Å². The van der Waals surface area contributed by atoms with Crippen LogP contribution in [0.1, 0.15) is 36.8 Å². The lowest BCUT2D eigenvalue weighted by Crippen LogP contribution is -2.33. The second-order valence-electron chi connectivity index (χ2n) is 7.49. The van der Waals surface area contributed by atoms with Gasteiger partial charge < -0.3 is 9.30 Å². The normalized spacial score (nSPS) is 13.4. The Morgan fingerprint density at radius 1 is 1.18 bits per heavy atom. The van der Waals surface area contributed by atoms with Crippen molar-refractivity contribution < 1.29 is 13.5 Å². The summed E-state index contributed by atoms with van der Waals surface area (Å²) < 4.78 is 35.1. The fourth-order valence-electron chi connectivity index (χ4n) is 3.56. The molecule has 1 aliphatic carbocycles. The molecule has 1 N–H and O–H groups in total. The highest BCUT2D eigenvalue weighted by molar-refractivity contribution is 6.37. The molecule has 0 atom stereocenters. The molecule has 1 aliphatic rings. The van der Waals surface area contributed by atoms with Crippen molar-refractivity contribution in [2.75, 3.05) is 0 Å². The Labute approximate surface area is 198 Å². The van der Waals surface area contributed by atoms with E-state index in [0.717, 1.165) is 17.5 Å². The average molecular weight is 505 g/mol. The van der Waals surface area contributed by atoms with Crippen molar-refractivity contribution in [3.05, 3.63) is 72.7 Å². The molecular weight excluding hydrogens is 493 g/mol. The number of halogens is 4. The summed E-state index contributed by atoms with van der Waals surface area (Å²) in [6.07, 6.45) is -1.12. The van der Waals surface area contributed by atoms with E-state index in [1.807, 2.05) is 4.98 Å². The van der Waals surface area contributed by atoms with Crippen LogP contribution < -0.4 is 16.0 Å². The molecule has 2 heterocycles. The smallest absolute Gasteiger partial charge is 0.349 e. The zero-order valence-corrected chi connectivity index (χ0v) is 18.4. The van der Waals surface area contributed by atoms with Gasteiger partial charge in [-0.3, -0.25) is 9.78 Å². The number of hydrogen-bond donors (Lipinski definition) is 1. The largest absolute Gasteiger partial charge is 0.454 e. The Kier molecular flexibility index (Phi) is 5.34. The summed E-state index contributed by atoms with van der Waals surface area (Å²) in [5.41, 5.74) is -1.32. The molecule has 172 valence electrons. The number of aromatic nitrogens is 5. The monoisotopic (exact) mass is 504 g/mol. The average Bonchev–Trinajstić information content (AvgIpc) is 3.55. The zero-order chi connectivity index (χ0) is 24.1. The third kappa shape index (κ3) is 3.81. The van der Waals surface area contributed by atoms with Gasteiger partial charge in [0.25, 0.3) is 12.0 Å². The fourth-order valence-corrected chi connectivity index (χ4v) is 4.11. The van der Waals surface area contributed by atoms with Crippen molar-refractivity contribution in [1.29, 1.82) is 5.26 Å². The minimum Gasteiger partial charge on any atom is -0.454 e. The maximum atomic E-state index is 13.5. The number of nitriles is 1. The van der Waals surface area contributed by atoms with E-state index in [0.29, 0.717) is 11.0 Å². The standard InChI is InChI=1S/C21H12Cl2F2N6O3/c22-12-5-10(31-21(33)28-20(32)15(8-26)29-31)6-13(23)17(12)34-11-3-4-14-16(7-11)30(9-1-2-9)19(27-14)18(24)25/h3-7,9,18H,1-2H2,(H,28,32,33). The molecule has 34 heavy (non-hydrogen) atoms. The number of aromatic amines is 1. The molecule has 0 spiro atoms. The van der Waals surface area contributed by atoms with Crippen LogP contribution in [-0.2, 0) is 0 Å². The van der Waals surface area contributed by atoms with Crippen LogP contribution in [0.3, 0.4) is 0 Å². The van der Waals surface area contributed by atoms with Gasteiger partial charge in [-0.05, 0) is 37.1 Å². The number of ether oxygens (including phenoxy) is 1. The predicted octanol–water partition coefficient (Wildman–Crippen LogP) is 4.51. The van der Waals surface area contributed by atoms with Crippen LogP contribution in [0, 0.1) is 11.3 Å². The topological polar surface area (TPSA) is 119 Å². The first-order valence-corrected chi connectivity index (χ1v) is 10.6. The zero-order valence-electron chi connectivity index (χ0n) is 16.9. The van der Waals surface area contributed by atoms with Gasteiger partial charge in [-0.2, -0.15) is 9.94 Å². The fraction of sp³-hybridized carbons (Fsp3) is 0.190. The van der Waals surface area contributed by atoms with Crippen molar-refractivity contribution in [1.82, 2.24) is 24.3 Å². The molecule has 5 rings (SSSR count). The summed E-state index contributed by atoms with van der Waals surface area (Å²) in [7, 11) is 0. The van der Waals surface area contributed by atoms with Crippen molar-refractivity contribution in [3.8, 4) is 23.3 Å². The van der Waals surface area contributed by atoms with Gasteiger partial charge in [0.1, 0.15) is 11.8 Å². The number of H-pyrrole nitrogens is 1. The number of imidazole rings is 1. The van der Waals surface area contributed by atoms with E-state index < -0.39 is 23.4 Å². The third-order valence-corrected chi connectivity index (χ3v) is 5.74. The predicted molar refractivity (Wildman–Crippen MR) is 118 cm³/mol. The van der Waals surface area contributed by atoms with Gasteiger partial charge >= 0.3 is 5.69 Å². The van der Waals surface area contributed by atoms with Crippen LogP contribution in [-0.4, -0.2) is 24.3 Å². The highest BCUT2D eigenvalue weighted by atomic mass is 35.5. The summed E-state index contributed by atoms with van der Waals surface area (Å²) in [4.78, 5) is 29.7. The lowest BCUT2D eigenvalue weighted by Gasteiger charge is -2.13. The van der Waals surface area contributed by atoms with E-state index in [1.165, 1.54) is 16.7 Å². The van der Waals surface area contributed by atoms with Crippen molar-refractivity contribution in [2.24, 2.45) is 0 Å². The Bertz CT molecular complexity index is 1590. The van der Waals surface area contributed by atoms with Gasteiger partial charge in [0.05, 0.1) is 26.8 Å². The number of alkyl halides is 2. The van der Waals surface area contributed by atoms with Crippen LogP contribution in [0.25, 0.3) is 16.7 Å². The van der Waals surface area contributed by atoms with E-state index in [2.05, 4.69) is 10.1 Å². The number of nitrogens with zero attached hydrogens (tertiary/aromatic N) is 5. The first kappa shape index (κ1) is 22.1. The summed E-state index contributed by atoms with van der Waals surface area (Å²) in [5.74, 6) is 0.0550. The molecule has 9 nitrogen and oxygen atoms in total. The Morgan fingerprint density at radius 2 is 1.88 bits per heavy atom. The van der Waals surface area contributed by atoms with Gasteiger partial charge in [-0.25, -0.2) is 18.6 Å². The highest BCUT2D eigenvalue weighted by Crippen LogP contribution is 2.43. The van der Waals surface area contributed by atoms with Crippen LogP contribution >= 0.6 is 23.2 Å². The van der Waals surface area contributed by atoms with Crippen LogP contribution in [0.2, 0.25) is 10.0 Å². The molecule has 1 fully saturated rings. The highest BCUT2D eigenvalue weighted by Gasteiger charge is 2.31. The van der Waals surface area contributed by atoms with E-state index in [9.17, 15) is 18.4 Å². The summed E-state index contributed by atoms with van der Waals surface area (Å²) >= 11 is 12.7. The Morgan fingerprint density at radius 3 is 2.50 bits per heavy atom. The Balaban J connectivity index is 1.54.